The molecule has 1 aromatic carbocycles. The van der Waals surface area contributed by atoms with Crippen molar-refractivity contribution in [3.8, 4) is 0 Å². The van der Waals surface area contributed by atoms with Crippen LogP contribution in [-0.4, -0.2) is 75.1 Å². The number of hydrogen-bond acceptors (Lipinski definition) is 6. The van der Waals surface area contributed by atoms with E-state index in [9.17, 15) is 9.90 Å². The molecule has 9 heteroatoms. The number of benzene rings is 1. The minimum absolute atomic E-state index is 0.159. The molecule has 0 saturated carbocycles. The van der Waals surface area contributed by atoms with E-state index in [2.05, 4.69) is 17.0 Å². The number of aromatic nitrogens is 4. The van der Waals surface area contributed by atoms with Gasteiger partial charge in [-0.2, -0.15) is 5.10 Å². The number of carbonyl (C=O) groups is 1. The number of carboxylic acid groups (broad SMARTS) is 1. The molecule has 0 radical (unpaired) electrons. The number of piperidine rings is 1. The lowest BCUT2D eigenvalue weighted by atomic mass is 9.92. The number of nitrogens with zero attached hydrogens (tertiary/aromatic N) is 6. The first kappa shape index (κ1) is 22.5. The van der Waals surface area contributed by atoms with Crippen molar-refractivity contribution >= 4 is 40.5 Å². The van der Waals surface area contributed by atoms with E-state index in [-0.39, 0.29) is 5.92 Å². The lowest BCUT2D eigenvalue weighted by Gasteiger charge is -2.30. The van der Waals surface area contributed by atoms with Crippen LogP contribution in [0.4, 0.5) is 10.5 Å². The quantitative estimate of drug-likeness (QED) is 0.465. The maximum Gasteiger partial charge on any atom is 0.407 e. The Hall–Kier alpha value is -3.98. The third-order valence-electron chi connectivity index (χ3n) is 7.10. The summed E-state index contributed by atoms with van der Waals surface area (Å²) in [6.07, 6.45) is 6.46. The molecular formula is C27H28N6O3. The van der Waals surface area contributed by atoms with Crippen molar-refractivity contribution in [3.05, 3.63) is 65.7 Å². The highest BCUT2D eigenvalue weighted by Crippen LogP contribution is 2.34. The highest BCUT2D eigenvalue weighted by molar-refractivity contribution is 5.81. The standard InChI is InChI=1S/C27H28N6O3/c34-27(35)32-13-10-20(11-14-32)25-23(8-7-21-6-5-19-3-1-2-4-22(19)29-21)30-26-24(9-12-28-33(25)26)31-15-17-36-18-16-31/h1-9,12,20H,10-11,13-18H2,(H,34,35)/b8-7+. The highest BCUT2D eigenvalue weighted by atomic mass is 16.5. The monoisotopic (exact) mass is 484 g/mol. The molecule has 2 saturated heterocycles. The second-order valence-corrected chi connectivity index (χ2v) is 9.24. The molecule has 0 bridgehead atoms. The van der Waals surface area contributed by atoms with Crippen LogP contribution in [0.15, 0.2) is 48.7 Å². The van der Waals surface area contributed by atoms with E-state index < -0.39 is 6.09 Å². The zero-order valence-electron chi connectivity index (χ0n) is 20.0. The molecule has 2 aliphatic rings. The Kier molecular flexibility index (Phi) is 5.98. The number of ether oxygens (including phenoxy) is 1. The van der Waals surface area contributed by atoms with E-state index in [1.54, 1.807) is 0 Å². The van der Waals surface area contributed by atoms with Crippen LogP contribution >= 0.6 is 0 Å². The van der Waals surface area contributed by atoms with Crippen molar-refractivity contribution < 1.29 is 14.6 Å². The van der Waals surface area contributed by atoms with Crippen molar-refractivity contribution in [1.29, 1.82) is 0 Å². The second kappa shape index (κ2) is 9.58. The minimum Gasteiger partial charge on any atom is -0.465 e. The normalized spacial score (nSPS) is 17.4. The number of amides is 1. The number of fused-ring (bicyclic) bond motifs is 2. The van der Waals surface area contributed by atoms with Gasteiger partial charge in [-0.3, -0.25) is 0 Å². The Balaban J connectivity index is 1.41. The molecule has 0 spiro atoms. The van der Waals surface area contributed by atoms with Crippen LogP contribution in [0, 0.1) is 0 Å². The summed E-state index contributed by atoms with van der Waals surface area (Å²) in [6.45, 7) is 4.01. The summed E-state index contributed by atoms with van der Waals surface area (Å²) in [5.41, 5.74) is 5.56. The van der Waals surface area contributed by atoms with E-state index >= 15 is 0 Å². The molecule has 1 N–H and O–H groups in total. The van der Waals surface area contributed by atoms with E-state index in [4.69, 9.17) is 19.8 Å². The van der Waals surface area contributed by atoms with Crippen LogP contribution in [0.3, 0.4) is 0 Å². The van der Waals surface area contributed by atoms with Gasteiger partial charge in [0, 0.05) is 37.5 Å². The number of para-hydroxylation sites is 1. The first-order valence-electron chi connectivity index (χ1n) is 12.4. The molecule has 4 aromatic rings. The summed E-state index contributed by atoms with van der Waals surface area (Å²) in [5, 5.41) is 15.2. The molecule has 5 heterocycles. The highest BCUT2D eigenvalue weighted by Gasteiger charge is 2.29. The smallest absolute Gasteiger partial charge is 0.407 e. The van der Waals surface area contributed by atoms with Crippen molar-refractivity contribution in [3.63, 3.8) is 0 Å². The molecule has 6 rings (SSSR count). The van der Waals surface area contributed by atoms with Crippen molar-refractivity contribution in [2.45, 2.75) is 18.8 Å². The predicted molar refractivity (Wildman–Crippen MR) is 138 cm³/mol. The zero-order valence-corrected chi connectivity index (χ0v) is 20.0. The van der Waals surface area contributed by atoms with Gasteiger partial charge in [0.05, 0.1) is 47.7 Å². The number of likely N-dealkylation sites (tertiary alicyclic amines) is 1. The fourth-order valence-electron chi connectivity index (χ4n) is 5.21. The first-order valence-corrected chi connectivity index (χ1v) is 12.4. The van der Waals surface area contributed by atoms with Gasteiger partial charge in [0.1, 0.15) is 0 Å². The Morgan fingerprint density at radius 1 is 0.972 bits per heavy atom. The number of pyridine rings is 1. The van der Waals surface area contributed by atoms with Gasteiger partial charge < -0.3 is 19.6 Å². The first-order chi connectivity index (χ1) is 17.7. The van der Waals surface area contributed by atoms with Gasteiger partial charge in [-0.15, -0.1) is 0 Å². The summed E-state index contributed by atoms with van der Waals surface area (Å²) in [6, 6.07) is 14.2. The van der Waals surface area contributed by atoms with Crippen LogP contribution in [0.1, 0.15) is 35.8 Å². The molecular weight excluding hydrogens is 456 g/mol. The van der Waals surface area contributed by atoms with E-state index in [1.165, 1.54) is 4.90 Å². The molecule has 0 atom stereocenters. The Bertz CT molecular complexity index is 1430. The summed E-state index contributed by atoms with van der Waals surface area (Å²) in [5.74, 6) is 0.159. The van der Waals surface area contributed by atoms with Crippen molar-refractivity contribution in [2.75, 3.05) is 44.3 Å². The Morgan fingerprint density at radius 3 is 2.58 bits per heavy atom. The fourth-order valence-corrected chi connectivity index (χ4v) is 5.21. The van der Waals surface area contributed by atoms with Crippen molar-refractivity contribution in [2.24, 2.45) is 0 Å². The van der Waals surface area contributed by atoms with Crippen LogP contribution in [0.25, 0.3) is 28.7 Å². The molecule has 2 aliphatic heterocycles. The summed E-state index contributed by atoms with van der Waals surface area (Å²) >= 11 is 0. The molecule has 36 heavy (non-hydrogen) atoms. The van der Waals surface area contributed by atoms with Crippen LogP contribution in [0.2, 0.25) is 0 Å². The zero-order chi connectivity index (χ0) is 24.5. The van der Waals surface area contributed by atoms with Gasteiger partial charge in [-0.25, -0.2) is 19.3 Å². The van der Waals surface area contributed by atoms with E-state index in [0.29, 0.717) is 26.3 Å². The van der Waals surface area contributed by atoms with Crippen LogP contribution in [-0.2, 0) is 4.74 Å². The van der Waals surface area contributed by atoms with Crippen LogP contribution < -0.4 is 4.90 Å². The molecule has 9 nitrogen and oxygen atoms in total. The largest absolute Gasteiger partial charge is 0.465 e. The Labute approximate surface area is 208 Å². The fraction of sp³-hybridized carbons (Fsp3) is 0.333. The number of anilines is 1. The van der Waals surface area contributed by atoms with Gasteiger partial charge in [-0.05, 0) is 43.2 Å². The number of rotatable bonds is 4. The second-order valence-electron chi connectivity index (χ2n) is 9.24. The average molecular weight is 485 g/mol. The SMILES string of the molecule is O=C(O)N1CCC(c2c(/C=C/c3ccc4ccccc4n3)nc3c(N4CCOCC4)ccnn23)CC1. The Morgan fingerprint density at radius 2 is 1.78 bits per heavy atom. The third kappa shape index (κ3) is 4.26. The number of hydrogen-bond donors (Lipinski definition) is 1. The molecule has 2 fully saturated rings. The number of morpholine rings is 1. The topological polar surface area (TPSA) is 96.1 Å². The maximum absolute atomic E-state index is 11.5. The molecule has 3 aromatic heterocycles. The minimum atomic E-state index is -0.859. The van der Waals surface area contributed by atoms with Gasteiger partial charge in [0.2, 0.25) is 0 Å². The van der Waals surface area contributed by atoms with Gasteiger partial charge in [-0.1, -0.05) is 24.3 Å². The predicted octanol–water partition coefficient (Wildman–Crippen LogP) is 4.14. The molecule has 0 unspecified atom stereocenters. The van der Waals surface area contributed by atoms with Crippen LogP contribution in [0.5, 0.6) is 0 Å². The summed E-state index contributed by atoms with van der Waals surface area (Å²) in [4.78, 5) is 25.1. The van der Waals surface area contributed by atoms with Gasteiger partial charge in [0.25, 0.3) is 0 Å². The van der Waals surface area contributed by atoms with Gasteiger partial charge >= 0.3 is 6.09 Å². The molecule has 1 amide bonds. The molecule has 184 valence electrons. The third-order valence-corrected chi connectivity index (χ3v) is 7.10. The number of imidazole rings is 1. The van der Waals surface area contributed by atoms with E-state index in [0.717, 1.165) is 65.3 Å². The summed E-state index contributed by atoms with van der Waals surface area (Å²) < 4.78 is 7.51. The average Bonchev–Trinajstić information content (AvgIpc) is 3.31. The lowest BCUT2D eigenvalue weighted by Crippen LogP contribution is -2.37. The molecule has 0 aliphatic carbocycles. The maximum atomic E-state index is 11.5. The van der Waals surface area contributed by atoms with E-state index in [1.807, 2.05) is 53.2 Å². The summed E-state index contributed by atoms with van der Waals surface area (Å²) in [7, 11) is 0. The van der Waals surface area contributed by atoms with Crippen molar-refractivity contribution in [1.82, 2.24) is 24.5 Å². The van der Waals surface area contributed by atoms with Gasteiger partial charge in [0.15, 0.2) is 5.65 Å². The lowest BCUT2D eigenvalue weighted by molar-refractivity contribution is 0.122.